The van der Waals surface area contributed by atoms with Gasteiger partial charge in [0.15, 0.2) is 13.2 Å². The van der Waals surface area contributed by atoms with Crippen LogP contribution >= 0.6 is 0 Å². The topological polar surface area (TPSA) is 45.8 Å². The van der Waals surface area contributed by atoms with Crippen molar-refractivity contribution in [1.29, 1.82) is 0 Å². The third-order valence-corrected chi connectivity index (χ3v) is 0.693. The highest BCUT2D eigenvalue weighted by Crippen LogP contribution is 2.08. The maximum atomic E-state index is 9.87. The first-order valence-electron chi connectivity index (χ1n) is 1.77. The van der Waals surface area contributed by atoms with Crippen LogP contribution in [0.3, 0.4) is 0 Å². The van der Waals surface area contributed by atoms with Crippen LogP contribution in [-0.4, -0.2) is 19.3 Å². The fourth-order valence-corrected chi connectivity index (χ4v) is 0.243. The zero-order chi connectivity index (χ0) is 4.57. The number of primary amides is 1. The van der Waals surface area contributed by atoms with Gasteiger partial charge >= 0.3 is 6.09 Å². The van der Waals surface area contributed by atoms with Gasteiger partial charge in [-0.25, -0.2) is 0 Å². The Balaban J connectivity index is 2.31. The van der Waals surface area contributed by atoms with Crippen molar-refractivity contribution in [3.05, 3.63) is 0 Å². The zero-order valence-corrected chi connectivity index (χ0v) is 3.31. The summed E-state index contributed by atoms with van der Waals surface area (Å²) < 4.78 is 2.21. The molecule has 0 spiro atoms. The molecule has 1 amide bonds. The van der Waals surface area contributed by atoms with Crippen LogP contribution in [0.5, 0.6) is 0 Å². The summed E-state index contributed by atoms with van der Waals surface area (Å²) in [4.78, 5) is 9.87. The minimum atomic E-state index is -0.380. The summed E-state index contributed by atoms with van der Waals surface area (Å²) in [5.41, 5.74) is 4.75. The van der Waals surface area contributed by atoms with Crippen molar-refractivity contribution in [3.63, 3.8) is 0 Å². The maximum Gasteiger partial charge on any atom is 0.626 e. The van der Waals surface area contributed by atoms with E-state index >= 15 is 0 Å². The summed E-state index contributed by atoms with van der Waals surface area (Å²) in [7, 11) is 0. The van der Waals surface area contributed by atoms with Gasteiger partial charge in [-0.3, -0.25) is 5.73 Å². The molecule has 1 heterocycles. The normalized spacial score (nSPS) is 17.7. The molecule has 0 aromatic heterocycles. The molecule has 0 radical (unpaired) electrons. The lowest BCUT2D eigenvalue weighted by molar-refractivity contribution is 0.131. The summed E-state index contributed by atoms with van der Waals surface area (Å²) >= 11 is 0. The Hall–Kier alpha value is -0.730. The Kier molecular flexibility index (Phi) is 0.498. The number of hydrogen-bond acceptors (Lipinski definition) is 1. The second-order valence-corrected chi connectivity index (χ2v) is 1.22. The Labute approximate surface area is 35.4 Å². The summed E-state index contributed by atoms with van der Waals surface area (Å²) in [6.07, 6.45) is -0.380. The first kappa shape index (κ1) is 3.46. The van der Waals surface area contributed by atoms with Crippen molar-refractivity contribution in [2.75, 3.05) is 13.2 Å². The van der Waals surface area contributed by atoms with Gasteiger partial charge < -0.3 is 4.37 Å². The van der Waals surface area contributed by atoms with E-state index in [1.54, 1.807) is 0 Å². The Morgan fingerprint density at radius 2 is 2.17 bits per heavy atom. The van der Waals surface area contributed by atoms with Gasteiger partial charge in [-0.05, 0) is 0 Å². The number of rotatable bonds is 0. The minimum Gasteiger partial charge on any atom is -0.519 e. The van der Waals surface area contributed by atoms with Crippen molar-refractivity contribution in [1.82, 2.24) is 0 Å². The average molecular weight is 88.1 g/mol. The largest absolute Gasteiger partial charge is 0.626 e. The van der Waals surface area contributed by atoms with Crippen LogP contribution in [0, 0.1) is 0 Å². The van der Waals surface area contributed by atoms with E-state index < -0.39 is 0 Å². The molecule has 2 N–H and O–H groups in total. The van der Waals surface area contributed by atoms with E-state index in [0.29, 0.717) is 0 Å². The lowest BCUT2D eigenvalue weighted by Gasteiger charge is -1.83. The highest BCUT2D eigenvalue weighted by atomic mass is 16.8. The van der Waals surface area contributed by atoms with Gasteiger partial charge in [0.25, 0.3) is 0 Å². The van der Waals surface area contributed by atoms with Gasteiger partial charge in [0, 0.05) is 0 Å². The van der Waals surface area contributed by atoms with E-state index in [0.717, 1.165) is 13.2 Å². The summed E-state index contributed by atoms with van der Waals surface area (Å²) in [5.74, 6) is 0. The molecule has 0 unspecified atom stereocenters. The molecule has 0 atom stereocenters. The van der Waals surface area contributed by atoms with Crippen LogP contribution in [0.25, 0.3) is 0 Å². The Morgan fingerprint density at radius 1 is 1.67 bits per heavy atom. The molecule has 1 aliphatic heterocycles. The van der Waals surface area contributed by atoms with E-state index in [1.807, 2.05) is 0 Å². The lowest BCUT2D eigenvalue weighted by atomic mass is 11.0. The van der Waals surface area contributed by atoms with E-state index in [-0.39, 0.29) is 6.09 Å². The predicted octanol–water partition coefficient (Wildman–Crippen LogP) is -0.369. The summed E-state index contributed by atoms with van der Waals surface area (Å²) in [6, 6.07) is 0. The monoisotopic (exact) mass is 88.0 g/mol. The molecule has 0 saturated carbocycles. The van der Waals surface area contributed by atoms with Gasteiger partial charge in [-0.2, -0.15) is 0 Å². The molecule has 0 bridgehead atoms. The molecule has 1 saturated heterocycles. The first-order chi connectivity index (χ1) is 2.80. The quantitative estimate of drug-likeness (QED) is 0.318. The van der Waals surface area contributed by atoms with Gasteiger partial charge in [-0.15, -0.1) is 0 Å². The molecule has 0 aliphatic carbocycles. The SMILES string of the molecule is NC(=O)[O+]1CC1. The first-order valence-corrected chi connectivity index (χ1v) is 1.77. The van der Waals surface area contributed by atoms with Crippen molar-refractivity contribution in [3.8, 4) is 0 Å². The molecule has 3 heteroatoms. The highest BCUT2D eigenvalue weighted by molar-refractivity contribution is 5.68. The van der Waals surface area contributed by atoms with E-state index in [9.17, 15) is 4.79 Å². The van der Waals surface area contributed by atoms with Crippen LogP contribution in [0.15, 0.2) is 0 Å². The van der Waals surface area contributed by atoms with Crippen molar-refractivity contribution in [2.45, 2.75) is 0 Å². The summed E-state index contributed by atoms with van der Waals surface area (Å²) in [5, 5.41) is 0. The number of carbonyl (C=O) groups is 1. The molecule has 0 aromatic rings. The van der Waals surface area contributed by atoms with E-state index in [1.165, 1.54) is 0 Å². The van der Waals surface area contributed by atoms with Crippen LogP contribution in [-0.2, 0) is 4.37 Å². The molecular formula is C3H6NO2+. The zero-order valence-electron chi connectivity index (χ0n) is 3.31. The summed E-state index contributed by atoms with van der Waals surface area (Å²) in [6.45, 7) is 1.55. The standard InChI is InChI=1S/C3H5NO2/c4-3(5)6-1-2-6/h1-2H2,(H-,4,5)/p+1. The van der Waals surface area contributed by atoms with Crippen LogP contribution in [0.1, 0.15) is 0 Å². The van der Waals surface area contributed by atoms with Gasteiger partial charge in [0.1, 0.15) is 0 Å². The van der Waals surface area contributed by atoms with E-state index in [2.05, 4.69) is 4.37 Å². The average Bonchev–Trinajstić information content (AvgIpc) is 2.06. The lowest BCUT2D eigenvalue weighted by Crippen LogP contribution is -2.12. The van der Waals surface area contributed by atoms with Gasteiger partial charge in [-0.1, -0.05) is 0 Å². The van der Waals surface area contributed by atoms with E-state index in [4.69, 9.17) is 5.73 Å². The third-order valence-electron chi connectivity index (χ3n) is 0.693. The smallest absolute Gasteiger partial charge is 0.519 e. The molecule has 6 heavy (non-hydrogen) atoms. The second kappa shape index (κ2) is 0.864. The van der Waals surface area contributed by atoms with Crippen LogP contribution < -0.4 is 5.73 Å². The Bertz CT molecular complexity index is 76.9. The van der Waals surface area contributed by atoms with Crippen molar-refractivity contribution < 1.29 is 9.16 Å². The number of amides is 1. The number of nitrogens with two attached hydrogens (primary N) is 1. The number of epoxide rings is 1. The Morgan fingerprint density at radius 3 is 2.17 bits per heavy atom. The molecule has 34 valence electrons. The number of hydrogen-bond donors (Lipinski definition) is 1. The molecule has 3 nitrogen and oxygen atoms in total. The predicted molar refractivity (Wildman–Crippen MR) is 20.4 cm³/mol. The van der Waals surface area contributed by atoms with Gasteiger partial charge in [0.2, 0.25) is 0 Å². The fourth-order valence-electron chi connectivity index (χ4n) is 0.243. The van der Waals surface area contributed by atoms with Crippen molar-refractivity contribution in [2.24, 2.45) is 5.73 Å². The highest BCUT2D eigenvalue weighted by Gasteiger charge is 2.27. The molecule has 1 fully saturated rings. The van der Waals surface area contributed by atoms with Crippen LogP contribution in [0.4, 0.5) is 4.79 Å². The molecule has 1 rings (SSSR count). The minimum absolute atomic E-state index is 0.380. The molecule has 1 aliphatic rings. The number of carbonyl (C=O) groups excluding carboxylic acids is 1. The third kappa shape index (κ3) is 0.429. The maximum absolute atomic E-state index is 9.87. The fraction of sp³-hybridized carbons (Fsp3) is 0.667. The van der Waals surface area contributed by atoms with Crippen LogP contribution in [0.2, 0.25) is 0 Å². The molecular weight excluding hydrogens is 82.0 g/mol. The molecule has 0 aromatic carbocycles. The van der Waals surface area contributed by atoms with Gasteiger partial charge in [0.05, 0.1) is 4.79 Å². The van der Waals surface area contributed by atoms with Crippen molar-refractivity contribution >= 4 is 6.09 Å². The second-order valence-electron chi connectivity index (χ2n) is 1.22.